The molecular weight excluding hydrogens is 186 g/mol. The van der Waals surface area contributed by atoms with Crippen LogP contribution in [0.15, 0.2) is 4.63 Å². The summed E-state index contributed by atoms with van der Waals surface area (Å²) in [6.07, 6.45) is 0. The number of nitrogens with zero attached hydrogens (tertiary/aromatic N) is 2. The summed E-state index contributed by atoms with van der Waals surface area (Å²) < 4.78 is 4.51. The van der Waals surface area contributed by atoms with Crippen LogP contribution < -0.4 is 16.4 Å². The van der Waals surface area contributed by atoms with E-state index in [0.717, 1.165) is 11.4 Å². The molecule has 0 atom stereocenters. The lowest BCUT2D eigenvalue weighted by atomic mass is 10.3. The van der Waals surface area contributed by atoms with Crippen molar-refractivity contribution in [3.8, 4) is 0 Å². The second-order valence-corrected chi connectivity index (χ2v) is 2.76. The van der Waals surface area contributed by atoms with E-state index in [0.29, 0.717) is 19.6 Å². The van der Waals surface area contributed by atoms with E-state index < -0.39 is 6.03 Å². The van der Waals surface area contributed by atoms with Gasteiger partial charge in [0.25, 0.3) is 0 Å². The minimum atomic E-state index is -0.522. The minimum Gasteiger partial charge on any atom is -0.352 e. The second-order valence-electron chi connectivity index (χ2n) is 2.76. The van der Waals surface area contributed by atoms with Crippen molar-refractivity contribution < 1.29 is 9.42 Å². The largest absolute Gasteiger partial charge is 0.352 e. The predicted octanol–water partition coefficient (Wildman–Crippen LogP) is -0.864. The zero-order chi connectivity index (χ0) is 10.4. The molecule has 0 aliphatic heterocycles. The zero-order valence-electron chi connectivity index (χ0n) is 7.91. The molecule has 0 saturated carbocycles. The Labute approximate surface area is 81.0 Å². The molecule has 0 aliphatic rings. The Morgan fingerprint density at radius 1 is 1.50 bits per heavy atom. The van der Waals surface area contributed by atoms with Crippen LogP contribution in [0.4, 0.5) is 4.79 Å². The third-order valence-corrected chi connectivity index (χ3v) is 1.64. The first-order chi connectivity index (χ1) is 6.70. The summed E-state index contributed by atoms with van der Waals surface area (Å²) in [4.78, 5) is 10.3. The van der Waals surface area contributed by atoms with Crippen LogP contribution in [0.1, 0.15) is 11.4 Å². The maximum Gasteiger partial charge on any atom is 0.312 e. The predicted molar refractivity (Wildman–Crippen MR) is 48.3 cm³/mol. The summed E-state index contributed by atoms with van der Waals surface area (Å²) >= 11 is 0. The topological polar surface area (TPSA) is 106 Å². The summed E-state index contributed by atoms with van der Waals surface area (Å²) in [6, 6.07) is -0.522. The van der Waals surface area contributed by atoms with E-state index in [1.54, 1.807) is 0 Å². The van der Waals surface area contributed by atoms with Crippen molar-refractivity contribution in [1.82, 2.24) is 20.9 Å². The second kappa shape index (κ2) is 5.18. The fourth-order valence-corrected chi connectivity index (χ4v) is 0.891. The lowest BCUT2D eigenvalue weighted by Gasteiger charge is -2.02. The fourth-order valence-electron chi connectivity index (χ4n) is 0.891. The summed E-state index contributed by atoms with van der Waals surface area (Å²) in [5.74, 6) is 0. The van der Waals surface area contributed by atoms with E-state index in [1.165, 1.54) is 0 Å². The standard InChI is InChI=1S/C7H13N5O2/c1-5-6(12-14-11-5)4-9-2-3-10-7(8)13/h9H,2-4H2,1H3,(H3,8,10,13). The molecule has 0 radical (unpaired) electrons. The summed E-state index contributed by atoms with van der Waals surface area (Å²) in [5, 5.41) is 12.8. The number of urea groups is 1. The molecule has 0 saturated heterocycles. The van der Waals surface area contributed by atoms with Crippen LogP contribution in [0.25, 0.3) is 0 Å². The Kier molecular flexibility index (Phi) is 3.86. The van der Waals surface area contributed by atoms with Crippen LogP contribution in [-0.4, -0.2) is 29.4 Å². The van der Waals surface area contributed by atoms with Gasteiger partial charge in [0.05, 0.1) is 0 Å². The van der Waals surface area contributed by atoms with Gasteiger partial charge in [-0.15, -0.1) is 0 Å². The van der Waals surface area contributed by atoms with E-state index in [1.807, 2.05) is 6.92 Å². The van der Waals surface area contributed by atoms with Gasteiger partial charge in [-0.1, -0.05) is 10.3 Å². The molecular formula is C7H13N5O2. The Bertz CT molecular complexity index is 298. The molecule has 0 aliphatic carbocycles. The van der Waals surface area contributed by atoms with Gasteiger partial charge in [-0.25, -0.2) is 9.42 Å². The van der Waals surface area contributed by atoms with Crippen LogP contribution in [0.3, 0.4) is 0 Å². The van der Waals surface area contributed by atoms with Crippen molar-refractivity contribution in [3.05, 3.63) is 11.4 Å². The normalized spacial score (nSPS) is 10.1. The smallest absolute Gasteiger partial charge is 0.312 e. The molecule has 0 unspecified atom stereocenters. The number of nitrogens with one attached hydrogen (secondary N) is 2. The number of hydrogen-bond acceptors (Lipinski definition) is 5. The number of primary amides is 1. The molecule has 0 bridgehead atoms. The first-order valence-corrected chi connectivity index (χ1v) is 4.22. The average molecular weight is 199 g/mol. The number of amides is 2. The highest BCUT2D eigenvalue weighted by Gasteiger charge is 2.03. The van der Waals surface area contributed by atoms with E-state index in [2.05, 4.69) is 25.6 Å². The highest BCUT2D eigenvalue weighted by molar-refractivity contribution is 5.71. The van der Waals surface area contributed by atoms with Gasteiger partial charge in [0.2, 0.25) is 0 Å². The van der Waals surface area contributed by atoms with Gasteiger partial charge < -0.3 is 16.4 Å². The van der Waals surface area contributed by atoms with E-state index in [-0.39, 0.29) is 0 Å². The molecule has 1 heterocycles. The molecule has 78 valence electrons. The van der Waals surface area contributed by atoms with Gasteiger partial charge in [-0.05, 0) is 6.92 Å². The van der Waals surface area contributed by atoms with Crippen LogP contribution in [-0.2, 0) is 6.54 Å². The van der Waals surface area contributed by atoms with Crippen molar-refractivity contribution in [2.24, 2.45) is 5.73 Å². The molecule has 0 fully saturated rings. The molecule has 7 heteroatoms. The van der Waals surface area contributed by atoms with Crippen molar-refractivity contribution in [2.75, 3.05) is 13.1 Å². The Morgan fingerprint density at radius 2 is 2.29 bits per heavy atom. The van der Waals surface area contributed by atoms with Gasteiger partial charge in [0.1, 0.15) is 11.4 Å². The van der Waals surface area contributed by atoms with Gasteiger partial charge >= 0.3 is 6.03 Å². The molecule has 2 amide bonds. The van der Waals surface area contributed by atoms with Crippen LogP contribution in [0, 0.1) is 6.92 Å². The third kappa shape index (κ3) is 3.40. The van der Waals surface area contributed by atoms with Crippen LogP contribution >= 0.6 is 0 Å². The van der Waals surface area contributed by atoms with Crippen LogP contribution in [0.2, 0.25) is 0 Å². The highest BCUT2D eigenvalue weighted by Crippen LogP contribution is 1.98. The van der Waals surface area contributed by atoms with Crippen molar-refractivity contribution in [2.45, 2.75) is 13.5 Å². The van der Waals surface area contributed by atoms with Gasteiger partial charge in [-0.2, -0.15) is 0 Å². The van der Waals surface area contributed by atoms with Gasteiger partial charge in [0, 0.05) is 19.6 Å². The van der Waals surface area contributed by atoms with Crippen LogP contribution in [0.5, 0.6) is 0 Å². The number of nitrogens with two attached hydrogens (primary N) is 1. The Morgan fingerprint density at radius 3 is 2.86 bits per heavy atom. The molecule has 7 nitrogen and oxygen atoms in total. The Balaban J connectivity index is 2.10. The van der Waals surface area contributed by atoms with E-state index in [4.69, 9.17) is 5.73 Å². The zero-order valence-corrected chi connectivity index (χ0v) is 7.91. The number of rotatable bonds is 5. The average Bonchev–Trinajstić information content (AvgIpc) is 2.51. The number of carbonyl (C=O) groups excluding carboxylic acids is 1. The minimum absolute atomic E-state index is 0.486. The van der Waals surface area contributed by atoms with Gasteiger partial charge in [-0.3, -0.25) is 0 Å². The molecule has 4 N–H and O–H groups in total. The maximum atomic E-state index is 10.3. The quantitative estimate of drug-likeness (QED) is 0.535. The number of aromatic nitrogens is 2. The van der Waals surface area contributed by atoms with Gasteiger partial charge in [0.15, 0.2) is 0 Å². The van der Waals surface area contributed by atoms with E-state index >= 15 is 0 Å². The molecule has 1 rings (SSSR count). The lowest BCUT2D eigenvalue weighted by molar-refractivity contribution is 0.249. The molecule has 14 heavy (non-hydrogen) atoms. The molecule has 0 spiro atoms. The fraction of sp³-hybridized carbons (Fsp3) is 0.571. The van der Waals surface area contributed by atoms with Crippen molar-refractivity contribution in [3.63, 3.8) is 0 Å². The lowest BCUT2D eigenvalue weighted by Crippen LogP contribution is -2.35. The summed E-state index contributed by atoms with van der Waals surface area (Å²) in [5.41, 5.74) is 6.41. The first-order valence-electron chi connectivity index (χ1n) is 4.22. The number of aryl methyl sites for hydroxylation is 1. The monoisotopic (exact) mass is 199 g/mol. The molecule has 1 aromatic heterocycles. The summed E-state index contributed by atoms with van der Waals surface area (Å²) in [6.45, 7) is 3.49. The van der Waals surface area contributed by atoms with Crippen molar-refractivity contribution >= 4 is 6.03 Å². The third-order valence-electron chi connectivity index (χ3n) is 1.64. The number of hydrogen-bond donors (Lipinski definition) is 3. The molecule has 1 aromatic rings. The SMILES string of the molecule is Cc1nonc1CNCCNC(N)=O. The Hall–Kier alpha value is -1.63. The maximum absolute atomic E-state index is 10.3. The highest BCUT2D eigenvalue weighted by atomic mass is 16.6. The first kappa shape index (κ1) is 10.5. The van der Waals surface area contributed by atoms with Crippen molar-refractivity contribution in [1.29, 1.82) is 0 Å². The van der Waals surface area contributed by atoms with E-state index in [9.17, 15) is 4.79 Å². The number of carbonyl (C=O) groups is 1. The summed E-state index contributed by atoms with van der Waals surface area (Å²) in [7, 11) is 0. The molecule has 0 aromatic carbocycles.